The first kappa shape index (κ1) is 22.3. The number of para-hydroxylation sites is 2. The van der Waals surface area contributed by atoms with Gasteiger partial charge in [0.1, 0.15) is 11.5 Å². The lowest BCUT2D eigenvalue weighted by Gasteiger charge is -2.22. The lowest BCUT2D eigenvalue weighted by Crippen LogP contribution is -2.30. The van der Waals surface area contributed by atoms with Crippen molar-refractivity contribution in [1.82, 2.24) is 15.0 Å². The Balaban J connectivity index is 1.65. The molecule has 176 valence electrons. The Labute approximate surface area is 201 Å². The summed E-state index contributed by atoms with van der Waals surface area (Å²) in [5.74, 6) is -0.906. The first-order valence-electron chi connectivity index (χ1n) is 11.4. The number of ketones is 1. The number of fused-ring (bicyclic) bond motifs is 1. The normalized spacial score (nSPS) is 17.3. The molecule has 1 fully saturated rings. The number of pyridine rings is 1. The highest BCUT2D eigenvalue weighted by atomic mass is 16.5. The van der Waals surface area contributed by atoms with Crippen molar-refractivity contribution < 1.29 is 19.4 Å². The molecule has 0 radical (unpaired) electrons. The molecule has 1 unspecified atom stereocenters. The number of carbonyl (C=O) groups excluding carboxylic acids is 2. The SMILES string of the molecule is CCCOc1ccc(/C(O)=C2\C(=O)C(=O)N(c3nc4ccccc4[nH]3)C2c2cccnc2)cc1C. The van der Waals surface area contributed by atoms with Crippen LogP contribution in [0.15, 0.2) is 72.6 Å². The number of aliphatic hydroxyl groups is 1. The monoisotopic (exact) mass is 468 g/mol. The molecule has 2 aromatic heterocycles. The van der Waals surface area contributed by atoms with Crippen LogP contribution >= 0.6 is 0 Å². The Bertz CT molecular complexity index is 1430. The highest BCUT2D eigenvalue weighted by molar-refractivity contribution is 6.51. The van der Waals surface area contributed by atoms with Crippen LogP contribution in [0.3, 0.4) is 0 Å². The van der Waals surface area contributed by atoms with E-state index in [0.717, 1.165) is 17.5 Å². The third-order valence-electron chi connectivity index (χ3n) is 5.96. The third-order valence-corrected chi connectivity index (χ3v) is 5.96. The Morgan fingerprint density at radius 2 is 1.97 bits per heavy atom. The summed E-state index contributed by atoms with van der Waals surface area (Å²) in [4.78, 5) is 39.7. The van der Waals surface area contributed by atoms with E-state index in [9.17, 15) is 14.7 Å². The zero-order chi connectivity index (χ0) is 24.5. The number of amides is 1. The van der Waals surface area contributed by atoms with Gasteiger partial charge in [0.2, 0.25) is 5.95 Å². The number of rotatable bonds is 6. The molecule has 3 heterocycles. The van der Waals surface area contributed by atoms with Crippen molar-refractivity contribution >= 4 is 34.4 Å². The molecule has 1 amide bonds. The third kappa shape index (κ3) is 3.93. The molecule has 8 heteroatoms. The summed E-state index contributed by atoms with van der Waals surface area (Å²) < 4.78 is 5.73. The second-order valence-corrected chi connectivity index (χ2v) is 8.36. The highest BCUT2D eigenvalue weighted by Crippen LogP contribution is 2.41. The largest absolute Gasteiger partial charge is 0.507 e. The minimum atomic E-state index is -0.902. The quantitative estimate of drug-likeness (QED) is 0.242. The van der Waals surface area contributed by atoms with Crippen LogP contribution < -0.4 is 9.64 Å². The molecule has 4 aromatic rings. The zero-order valence-electron chi connectivity index (χ0n) is 19.4. The fourth-order valence-corrected chi connectivity index (χ4v) is 4.28. The Hall–Kier alpha value is -4.46. The second-order valence-electron chi connectivity index (χ2n) is 8.36. The van der Waals surface area contributed by atoms with Gasteiger partial charge in [0.25, 0.3) is 5.78 Å². The number of aromatic amines is 1. The van der Waals surface area contributed by atoms with E-state index < -0.39 is 17.7 Å². The van der Waals surface area contributed by atoms with E-state index in [1.807, 2.05) is 38.1 Å². The van der Waals surface area contributed by atoms with Crippen LogP contribution in [0.1, 0.15) is 36.1 Å². The van der Waals surface area contributed by atoms with Gasteiger partial charge in [0, 0.05) is 18.0 Å². The van der Waals surface area contributed by atoms with Gasteiger partial charge >= 0.3 is 5.91 Å². The standard InChI is InChI=1S/C27H24N4O4/c1-3-13-35-21-11-10-17(14-16(21)2)24(32)22-23(18-7-6-12-28-15-18)31(26(34)25(22)33)27-29-19-8-4-5-9-20(19)30-27/h4-12,14-15,23,32H,3,13H2,1-2H3,(H,29,30)/b24-22+. The molecule has 0 spiro atoms. The lowest BCUT2D eigenvalue weighted by atomic mass is 9.96. The van der Waals surface area contributed by atoms with Gasteiger partial charge in [-0.05, 0) is 60.9 Å². The molecule has 1 saturated heterocycles. The number of aryl methyl sites for hydroxylation is 1. The predicted octanol–water partition coefficient (Wildman–Crippen LogP) is 4.68. The van der Waals surface area contributed by atoms with Crippen LogP contribution in [0.25, 0.3) is 16.8 Å². The van der Waals surface area contributed by atoms with Crippen LogP contribution in [0, 0.1) is 6.92 Å². The Kier molecular flexibility index (Phi) is 5.78. The number of nitrogens with one attached hydrogen (secondary N) is 1. The number of Topliss-reactive ketones (excluding diaryl/α,β-unsaturated/α-hetero) is 1. The number of nitrogens with zero attached hydrogens (tertiary/aromatic N) is 3. The molecular weight excluding hydrogens is 444 g/mol. The van der Waals surface area contributed by atoms with E-state index >= 15 is 0 Å². The number of benzene rings is 2. The second kappa shape index (κ2) is 9.06. The van der Waals surface area contributed by atoms with Gasteiger partial charge in [0.15, 0.2) is 0 Å². The van der Waals surface area contributed by atoms with Crippen molar-refractivity contribution in [2.45, 2.75) is 26.3 Å². The summed E-state index contributed by atoms with van der Waals surface area (Å²) in [7, 11) is 0. The van der Waals surface area contributed by atoms with E-state index in [-0.39, 0.29) is 17.3 Å². The molecule has 8 nitrogen and oxygen atoms in total. The van der Waals surface area contributed by atoms with Gasteiger partial charge in [-0.2, -0.15) is 0 Å². The summed E-state index contributed by atoms with van der Waals surface area (Å²) >= 11 is 0. The lowest BCUT2D eigenvalue weighted by molar-refractivity contribution is -0.132. The number of imidazole rings is 1. The highest BCUT2D eigenvalue weighted by Gasteiger charge is 2.48. The first-order chi connectivity index (χ1) is 17.0. The van der Waals surface area contributed by atoms with E-state index in [1.54, 1.807) is 42.7 Å². The van der Waals surface area contributed by atoms with E-state index in [0.29, 0.717) is 29.0 Å². The van der Waals surface area contributed by atoms with Crippen molar-refractivity contribution in [3.8, 4) is 5.75 Å². The van der Waals surface area contributed by atoms with E-state index in [4.69, 9.17) is 4.74 Å². The number of hydrogen-bond donors (Lipinski definition) is 2. The predicted molar refractivity (Wildman–Crippen MR) is 132 cm³/mol. The van der Waals surface area contributed by atoms with Crippen LogP contribution in [0.4, 0.5) is 5.95 Å². The fourth-order valence-electron chi connectivity index (χ4n) is 4.28. The molecule has 35 heavy (non-hydrogen) atoms. The van der Waals surface area contributed by atoms with Gasteiger partial charge < -0.3 is 14.8 Å². The van der Waals surface area contributed by atoms with Crippen LogP contribution in [0.2, 0.25) is 0 Å². The van der Waals surface area contributed by atoms with Crippen LogP contribution in [-0.4, -0.2) is 38.4 Å². The van der Waals surface area contributed by atoms with Gasteiger partial charge in [-0.25, -0.2) is 4.98 Å². The van der Waals surface area contributed by atoms with Gasteiger partial charge in [-0.15, -0.1) is 0 Å². The van der Waals surface area contributed by atoms with E-state index in [1.165, 1.54) is 4.90 Å². The summed E-state index contributed by atoms with van der Waals surface area (Å²) in [6.45, 7) is 4.47. The van der Waals surface area contributed by atoms with Crippen molar-refractivity contribution in [2.24, 2.45) is 0 Å². The van der Waals surface area contributed by atoms with Crippen LogP contribution in [0.5, 0.6) is 5.75 Å². The maximum atomic E-state index is 13.3. The summed E-state index contributed by atoms with van der Waals surface area (Å²) in [6.07, 6.45) is 4.05. The molecule has 1 aliphatic heterocycles. The molecular formula is C27H24N4O4. The number of ether oxygens (including phenoxy) is 1. The fraction of sp³-hybridized carbons (Fsp3) is 0.185. The van der Waals surface area contributed by atoms with Crippen LogP contribution in [-0.2, 0) is 9.59 Å². The Morgan fingerprint density at radius 3 is 2.69 bits per heavy atom. The molecule has 0 saturated carbocycles. The van der Waals surface area contributed by atoms with Gasteiger partial charge in [-0.1, -0.05) is 25.1 Å². The maximum Gasteiger partial charge on any atom is 0.302 e. The first-order valence-corrected chi connectivity index (χ1v) is 11.4. The number of carbonyl (C=O) groups is 2. The summed E-state index contributed by atoms with van der Waals surface area (Å²) in [6, 6.07) is 15.1. The van der Waals surface area contributed by atoms with E-state index in [2.05, 4.69) is 15.0 Å². The number of aromatic nitrogens is 3. The van der Waals surface area contributed by atoms with Crippen molar-refractivity contribution in [2.75, 3.05) is 11.5 Å². The molecule has 2 aromatic carbocycles. The summed E-state index contributed by atoms with van der Waals surface area (Å²) in [5, 5.41) is 11.3. The van der Waals surface area contributed by atoms with Gasteiger partial charge in [0.05, 0.1) is 29.3 Å². The number of H-pyrrole nitrogens is 1. The molecule has 1 aliphatic rings. The zero-order valence-corrected chi connectivity index (χ0v) is 19.4. The topological polar surface area (TPSA) is 108 Å². The minimum Gasteiger partial charge on any atom is -0.507 e. The minimum absolute atomic E-state index is 0.0231. The molecule has 5 rings (SSSR count). The maximum absolute atomic E-state index is 13.3. The van der Waals surface area contributed by atoms with Crippen molar-refractivity contribution in [1.29, 1.82) is 0 Å². The van der Waals surface area contributed by atoms with Gasteiger partial charge in [-0.3, -0.25) is 19.5 Å². The average molecular weight is 469 g/mol. The number of anilines is 1. The molecule has 0 bridgehead atoms. The smallest absolute Gasteiger partial charge is 0.302 e. The molecule has 1 atom stereocenters. The number of aliphatic hydroxyl groups excluding tert-OH is 1. The van der Waals surface area contributed by atoms with Crippen molar-refractivity contribution in [3.05, 3.63) is 89.3 Å². The van der Waals surface area contributed by atoms with Crippen molar-refractivity contribution in [3.63, 3.8) is 0 Å². The average Bonchev–Trinajstić information content (AvgIpc) is 3.41. The number of hydrogen-bond acceptors (Lipinski definition) is 6. The molecule has 0 aliphatic carbocycles. The summed E-state index contributed by atoms with van der Waals surface area (Å²) in [5.41, 5.74) is 3.17. The Morgan fingerprint density at radius 1 is 1.14 bits per heavy atom. The molecule has 2 N–H and O–H groups in total.